The lowest BCUT2D eigenvalue weighted by Crippen LogP contribution is -2.09. The molecule has 4 aromatic carbocycles. The van der Waals surface area contributed by atoms with Gasteiger partial charge in [0.05, 0.1) is 28.4 Å². The van der Waals surface area contributed by atoms with Crippen LogP contribution in [0.3, 0.4) is 0 Å². The molecule has 222 valence electrons. The van der Waals surface area contributed by atoms with Crippen molar-refractivity contribution < 1.29 is 38.7 Å². The molecule has 0 aliphatic carbocycles. The summed E-state index contributed by atoms with van der Waals surface area (Å²) >= 11 is 0. The first kappa shape index (κ1) is 30.5. The summed E-state index contributed by atoms with van der Waals surface area (Å²) in [5, 5.41) is 23.2. The van der Waals surface area contributed by atoms with Crippen LogP contribution in [-0.4, -0.2) is 50.6 Å². The van der Waals surface area contributed by atoms with Gasteiger partial charge in [0.15, 0.2) is 23.0 Å². The van der Waals surface area contributed by atoms with Crippen LogP contribution < -0.4 is 18.9 Å². The quantitative estimate of drug-likeness (QED) is 0.207. The van der Waals surface area contributed by atoms with Gasteiger partial charge in [0.25, 0.3) is 0 Å². The summed E-state index contributed by atoms with van der Waals surface area (Å²) in [6.07, 6.45) is 0. The van der Waals surface area contributed by atoms with Gasteiger partial charge in [0.2, 0.25) is 0 Å². The standard InChI is InChI=1S/C34H38O8/c1-15(2)25-21-11-17(5)19(13-23(21)27(33(35)36)31(41-9)29(25)39-7)20-14-24-22(12-18(20)6)26(16(3)4)30(40-8)32(42-10)28(24)34(37)38/h11-16H,1-10H3,(H,35,36)(H,37,38). The van der Waals surface area contributed by atoms with E-state index in [-0.39, 0.29) is 34.5 Å². The minimum absolute atomic E-state index is 0.00756. The Morgan fingerprint density at radius 3 is 1.10 bits per heavy atom. The maximum absolute atomic E-state index is 12.6. The van der Waals surface area contributed by atoms with Crippen molar-refractivity contribution >= 4 is 33.5 Å². The Morgan fingerprint density at radius 2 is 0.857 bits per heavy atom. The zero-order valence-corrected chi connectivity index (χ0v) is 25.8. The van der Waals surface area contributed by atoms with Crippen LogP contribution in [0, 0.1) is 13.8 Å². The number of ether oxygens (including phenoxy) is 4. The number of hydrogen-bond acceptors (Lipinski definition) is 6. The third kappa shape index (κ3) is 4.65. The van der Waals surface area contributed by atoms with Gasteiger partial charge in [-0.1, -0.05) is 39.8 Å². The highest BCUT2D eigenvalue weighted by Crippen LogP contribution is 2.49. The molecule has 8 heteroatoms. The van der Waals surface area contributed by atoms with Gasteiger partial charge in [-0.25, -0.2) is 9.59 Å². The van der Waals surface area contributed by atoms with Crippen molar-refractivity contribution in [3.63, 3.8) is 0 Å². The zero-order valence-electron chi connectivity index (χ0n) is 25.8. The third-order valence-electron chi connectivity index (χ3n) is 7.89. The normalized spacial score (nSPS) is 11.4. The monoisotopic (exact) mass is 574 g/mol. The maximum Gasteiger partial charge on any atom is 0.340 e. The lowest BCUT2D eigenvalue weighted by atomic mass is 9.84. The smallest absolute Gasteiger partial charge is 0.340 e. The summed E-state index contributed by atoms with van der Waals surface area (Å²) in [6.45, 7) is 12.0. The van der Waals surface area contributed by atoms with Crippen molar-refractivity contribution in [2.24, 2.45) is 0 Å². The van der Waals surface area contributed by atoms with E-state index in [1.54, 1.807) is 0 Å². The SMILES string of the molecule is COc1c(OC)c(C(C)C)c2cc(C)c(-c3cc4c(C(=O)O)c(OC)c(OC)c(C(C)C)c4cc3C)cc2c1C(=O)O. The molecule has 0 aliphatic rings. The molecular formula is C34H38O8. The largest absolute Gasteiger partial charge is 0.493 e. The van der Waals surface area contributed by atoms with E-state index in [1.807, 2.05) is 65.8 Å². The maximum atomic E-state index is 12.6. The molecule has 42 heavy (non-hydrogen) atoms. The van der Waals surface area contributed by atoms with Crippen molar-refractivity contribution in [3.8, 4) is 34.1 Å². The van der Waals surface area contributed by atoms with Gasteiger partial charge in [-0.05, 0) is 70.8 Å². The van der Waals surface area contributed by atoms with E-state index in [2.05, 4.69) is 0 Å². The van der Waals surface area contributed by atoms with E-state index >= 15 is 0 Å². The number of fused-ring (bicyclic) bond motifs is 2. The third-order valence-corrected chi connectivity index (χ3v) is 7.89. The summed E-state index contributed by atoms with van der Waals surface area (Å²) in [7, 11) is 5.89. The van der Waals surface area contributed by atoms with Crippen LogP contribution >= 0.6 is 0 Å². The summed E-state index contributed by atoms with van der Waals surface area (Å²) in [6, 6.07) is 7.68. The van der Waals surface area contributed by atoms with Crippen molar-refractivity contribution in [1.82, 2.24) is 0 Å². The minimum Gasteiger partial charge on any atom is -0.493 e. The molecule has 0 fully saturated rings. The molecule has 0 aliphatic heterocycles. The van der Waals surface area contributed by atoms with Crippen molar-refractivity contribution in [2.75, 3.05) is 28.4 Å². The number of carboxylic acids is 2. The van der Waals surface area contributed by atoms with Crippen LogP contribution in [0.4, 0.5) is 0 Å². The van der Waals surface area contributed by atoms with Crippen LogP contribution in [0.15, 0.2) is 24.3 Å². The van der Waals surface area contributed by atoms with Gasteiger partial charge < -0.3 is 29.2 Å². The first-order valence-electron chi connectivity index (χ1n) is 13.8. The lowest BCUT2D eigenvalue weighted by molar-refractivity contribution is 0.0683. The van der Waals surface area contributed by atoms with Crippen LogP contribution in [-0.2, 0) is 0 Å². The van der Waals surface area contributed by atoms with Crippen molar-refractivity contribution in [1.29, 1.82) is 0 Å². The molecule has 0 amide bonds. The van der Waals surface area contributed by atoms with E-state index in [0.29, 0.717) is 22.3 Å². The first-order chi connectivity index (χ1) is 19.8. The molecule has 0 heterocycles. The van der Waals surface area contributed by atoms with Crippen LogP contribution in [0.25, 0.3) is 32.7 Å². The fourth-order valence-electron chi connectivity index (χ4n) is 6.18. The van der Waals surface area contributed by atoms with Gasteiger partial charge in [-0.2, -0.15) is 0 Å². The Morgan fingerprint density at radius 1 is 0.548 bits per heavy atom. The Balaban J connectivity index is 2.22. The molecule has 4 rings (SSSR count). The highest BCUT2D eigenvalue weighted by atomic mass is 16.5. The summed E-state index contributed by atoms with van der Waals surface area (Å²) in [5.74, 6) is -1.11. The van der Waals surface area contributed by atoms with Gasteiger partial charge in [0.1, 0.15) is 11.1 Å². The van der Waals surface area contributed by atoms with Gasteiger partial charge in [-0.15, -0.1) is 0 Å². The van der Waals surface area contributed by atoms with E-state index in [9.17, 15) is 19.8 Å². The molecule has 0 bridgehead atoms. The van der Waals surface area contributed by atoms with E-state index in [0.717, 1.165) is 44.2 Å². The number of hydrogen-bond donors (Lipinski definition) is 2. The molecule has 4 aromatic rings. The van der Waals surface area contributed by atoms with Crippen molar-refractivity contribution in [3.05, 3.63) is 57.6 Å². The number of aryl methyl sites for hydroxylation is 2. The predicted octanol–water partition coefficient (Wildman–Crippen LogP) is 7.95. The first-order valence-corrected chi connectivity index (χ1v) is 13.8. The Bertz CT molecular complexity index is 1620. The molecule has 0 spiro atoms. The fourth-order valence-corrected chi connectivity index (χ4v) is 6.18. The van der Waals surface area contributed by atoms with E-state index in [1.165, 1.54) is 28.4 Å². The van der Waals surface area contributed by atoms with Gasteiger partial charge >= 0.3 is 11.9 Å². The number of carboxylic acid groups (broad SMARTS) is 2. The van der Waals surface area contributed by atoms with Crippen LogP contribution in [0.2, 0.25) is 0 Å². The predicted molar refractivity (Wildman–Crippen MR) is 165 cm³/mol. The molecule has 0 aromatic heterocycles. The summed E-state index contributed by atoms with van der Waals surface area (Å²) < 4.78 is 22.6. The van der Waals surface area contributed by atoms with E-state index < -0.39 is 11.9 Å². The highest BCUT2D eigenvalue weighted by Gasteiger charge is 2.29. The second-order valence-electron chi connectivity index (χ2n) is 11.1. The Kier molecular flexibility index (Phi) is 8.30. The summed E-state index contributed by atoms with van der Waals surface area (Å²) in [4.78, 5) is 25.3. The number of methoxy groups -OCH3 is 4. The number of carbonyl (C=O) groups is 2. The molecular weight excluding hydrogens is 536 g/mol. The average molecular weight is 575 g/mol. The second-order valence-corrected chi connectivity index (χ2v) is 11.1. The molecule has 0 radical (unpaired) electrons. The Labute approximate surface area is 245 Å². The van der Waals surface area contributed by atoms with Gasteiger partial charge in [-0.3, -0.25) is 0 Å². The fraction of sp³-hybridized carbons (Fsp3) is 0.353. The van der Waals surface area contributed by atoms with Crippen LogP contribution in [0.5, 0.6) is 23.0 Å². The van der Waals surface area contributed by atoms with Gasteiger partial charge in [0, 0.05) is 21.9 Å². The molecule has 2 N–H and O–H groups in total. The molecule has 0 unspecified atom stereocenters. The topological polar surface area (TPSA) is 112 Å². The van der Waals surface area contributed by atoms with E-state index in [4.69, 9.17) is 18.9 Å². The Hall–Kier alpha value is -4.46. The van der Waals surface area contributed by atoms with Crippen LogP contribution in [0.1, 0.15) is 82.5 Å². The second kappa shape index (κ2) is 11.4. The molecule has 0 atom stereocenters. The lowest BCUT2D eigenvalue weighted by Gasteiger charge is -2.24. The summed E-state index contributed by atoms with van der Waals surface area (Å²) in [5.41, 5.74) is 5.08. The molecule has 0 saturated heterocycles. The highest BCUT2D eigenvalue weighted by molar-refractivity contribution is 6.12. The number of rotatable bonds is 9. The number of benzene rings is 4. The molecule has 8 nitrogen and oxygen atoms in total. The zero-order chi connectivity index (χ0) is 31.2. The average Bonchev–Trinajstić information content (AvgIpc) is 2.93. The minimum atomic E-state index is -1.14. The molecule has 0 saturated carbocycles. The van der Waals surface area contributed by atoms with Crippen molar-refractivity contribution in [2.45, 2.75) is 53.4 Å². The number of aromatic carboxylic acids is 2.